The number of aliphatic hydroxyl groups is 1. The Balaban J connectivity index is 2.01. The van der Waals surface area contributed by atoms with Gasteiger partial charge in [-0.1, -0.05) is 60.2 Å². The van der Waals surface area contributed by atoms with Crippen LogP contribution in [0.5, 0.6) is 0 Å². The minimum Gasteiger partial charge on any atom is -0.387 e. The Morgan fingerprint density at radius 2 is 1.65 bits per heavy atom. The first-order valence-corrected chi connectivity index (χ1v) is 7.79. The molecule has 1 unspecified atom stereocenters. The van der Waals surface area contributed by atoms with E-state index in [1.807, 2.05) is 24.3 Å². The van der Waals surface area contributed by atoms with E-state index in [1.165, 1.54) is 5.56 Å². The maximum Gasteiger partial charge on any atom is 0.133 e. The first kappa shape index (κ1) is 15.4. The third-order valence-corrected chi connectivity index (χ3v) is 3.77. The van der Waals surface area contributed by atoms with Gasteiger partial charge in [0, 0.05) is 12.0 Å². The summed E-state index contributed by atoms with van der Waals surface area (Å²) in [7, 11) is 0. The first-order valence-electron chi connectivity index (χ1n) is 7.79. The molecule has 3 rings (SSSR count). The lowest BCUT2D eigenvalue weighted by atomic mass is 10.1. The Morgan fingerprint density at radius 3 is 2.30 bits per heavy atom. The average Bonchev–Trinajstić information content (AvgIpc) is 2.56. The first-order chi connectivity index (χ1) is 11.1. The van der Waals surface area contributed by atoms with E-state index in [0.29, 0.717) is 12.1 Å². The quantitative estimate of drug-likeness (QED) is 0.789. The molecule has 1 atom stereocenters. The van der Waals surface area contributed by atoms with Crippen LogP contribution in [-0.2, 0) is 6.42 Å². The van der Waals surface area contributed by atoms with E-state index in [4.69, 9.17) is 0 Å². The summed E-state index contributed by atoms with van der Waals surface area (Å²) < 4.78 is 0. The van der Waals surface area contributed by atoms with Gasteiger partial charge in [-0.3, -0.25) is 0 Å². The molecule has 3 nitrogen and oxygen atoms in total. The summed E-state index contributed by atoms with van der Waals surface area (Å²) in [6.07, 6.45) is 0.0389. The SMILES string of the molecule is Cc1ccc(-c2cc(C(C)O)nc(Cc3ccccc3)n2)cc1. The molecule has 0 radical (unpaired) electrons. The minimum absolute atomic E-state index is 0.614. The Bertz CT molecular complexity index is 780. The highest BCUT2D eigenvalue weighted by Gasteiger charge is 2.11. The van der Waals surface area contributed by atoms with Crippen LogP contribution in [0.2, 0.25) is 0 Å². The third-order valence-electron chi connectivity index (χ3n) is 3.77. The van der Waals surface area contributed by atoms with Crippen molar-refractivity contribution in [2.45, 2.75) is 26.4 Å². The molecule has 0 aliphatic carbocycles. The molecule has 23 heavy (non-hydrogen) atoms. The molecule has 3 aromatic rings. The molecule has 116 valence electrons. The Morgan fingerprint density at radius 1 is 0.957 bits per heavy atom. The smallest absolute Gasteiger partial charge is 0.133 e. The van der Waals surface area contributed by atoms with Gasteiger partial charge in [0.1, 0.15) is 5.82 Å². The lowest BCUT2D eigenvalue weighted by Crippen LogP contribution is -2.05. The van der Waals surface area contributed by atoms with Crippen LogP contribution in [0.4, 0.5) is 0 Å². The number of hydrogen-bond donors (Lipinski definition) is 1. The Kier molecular flexibility index (Phi) is 4.49. The van der Waals surface area contributed by atoms with Gasteiger partial charge in [0.25, 0.3) is 0 Å². The molecule has 0 aliphatic rings. The molecule has 3 heteroatoms. The second-order valence-corrected chi connectivity index (χ2v) is 5.80. The normalized spacial score (nSPS) is 12.1. The standard InChI is InChI=1S/C20H20N2O/c1-14-8-10-17(11-9-14)19-13-18(15(2)23)21-20(22-19)12-16-6-4-3-5-7-16/h3-11,13,15,23H,12H2,1-2H3. The highest BCUT2D eigenvalue weighted by atomic mass is 16.3. The second kappa shape index (κ2) is 6.71. The number of rotatable bonds is 4. The summed E-state index contributed by atoms with van der Waals surface area (Å²) in [6, 6.07) is 20.2. The molecular formula is C20H20N2O. The predicted molar refractivity (Wildman–Crippen MR) is 92.1 cm³/mol. The molecular weight excluding hydrogens is 284 g/mol. The minimum atomic E-state index is -0.614. The number of aryl methyl sites for hydroxylation is 1. The van der Waals surface area contributed by atoms with Crippen LogP contribution in [0.15, 0.2) is 60.7 Å². The molecule has 1 aromatic heterocycles. The number of aliphatic hydroxyl groups excluding tert-OH is 1. The molecule has 0 bridgehead atoms. The van der Waals surface area contributed by atoms with Crippen molar-refractivity contribution in [2.24, 2.45) is 0 Å². The molecule has 1 heterocycles. The molecule has 0 fully saturated rings. The van der Waals surface area contributed by atoms with E-state index in [9.17, 15) is 5.11 Å². The van der Waals surface area contributed by atoms with Crippen LogP contribution < -0.4 is 0 Å². The van der Waals surface area contributed by atoms with Crippen LogP contribution in [0.25, 0.3) is 11.3 Å². The topological polar surface area (TPSA) is 46.0 Å². The van der Waals surface area contributed by atoms with Gasteiger partial charge < -0.3 is 5.11 Å². The molecule has 0 amide bonds. The van der Waals surface area contributed by atoms with Crippen molar-refractivity contribution in [2.75, 3.05) is 0 Å². The van der Waals surface area contributed by atoms with Crippen molar-refractivity contribution < 1.29 is 5.11 Å². The number of nitrogens with zero attached hydrogens (tertiary/aromatic N) is 2. The highest BCUT2D eigenvalue weighted by Crippen LogP contribution is 2.22. The van der Waals surface area contributed by atoms with Crippen LogP contribution in [0.3, 0.4) is 0 Å². The summed E-state index contributed by atoms with van der Waals surface area (Å²) in [5, 5.41) is 9.94. The Labute approximate surface area is 136 Å². The summed E-state index contributed by atoms with van der Waals surface area (Å²) in [5.74, 6) is 0.727. The molecule has 0 saturated heterocycles. The Hall–Kier alpha value is -2.52. The van der Waals surface area contributed by atoms with Gasteiger partial charge in [0.2, 0.25) is 0 Å². The van der Waals surface area contributed by atoms with Crippen molar-refractivity contribution in [3.63, 3.8) is 0 Å². The summed E-state index contributed by atoms with van der Waals surface area (Å²) >= 11 is 0. The van der Waals surface area contributed by atoms with E-state index in [2.05, 4.69) is 53.3 Å². The van der Waals surface area contributed by atoms with E-state index in [0.717, 1.165) is 22.6 Å². The zero-order valence-electron chi connectivity index (χ0n) is 13.4. The van der Waals surface area contributed by atoms with Gasteiger partial charge in [-0.15, -0.1) is 0 Å². The number of aromatic nitrogens is 2. The zero-order chi connectivity index (χ0) is 16.2. The molecule has 0 saturated carbocycles. The van der Waals surface area contributed by atoms with Crippen molar-refractivity contribution in [1.82, 2.24) is 9.97 Å². The van der Waals surface area contributed by atoms with Crippen molar-refractivity contribution in [3.05, 3.63) is 83.3 Å². The third kappa shape index (κ3) is 3.82. The molecule has 1 N–H and O–H groups in total. The van der Waals surface area contributed by atoms with Gasteiger partial charge in [0.15, 0.2) is 0 Å². The fourth-order valence-electron chi connectivity index (χ4n) is 2.46. The average molecular weight is 304 g/mol. The highest BCUT2D eigenvalue weighted by molar-refractivity contribution is 5.60. The predicted octanol–water partition coefficient (Wildman–Crippen LogP) is 4.10. The van der Waals surface area contributed by atoms with E-state index in [1.54, 1.807) is 6.92 Å². The molecule has 2 aromatic carbocycles. The van der Waals surface area contributed by atoms with Crippen LogP contribution >= 0.6 is 0 Å². The van der Waals surface area contributed by atoms with Gasteiger partial charge >= 0.3 is 0 Å². The van der Waals surface area contributed by atoms with Crippen LogP contribution in [0, 0.1) is 6.92 Å². The molecule has 0 aliphatic heterocycles. The molecule has 0 spiro atoms. The zero-order valence-corrected chi connectivity index (χ0v) is 13.4. The largest absolute Gasteiger partial charge is 0.387 e. The van der Waals surface area contributed by atoms with Crippen molar-refractivity contribution >= 4 is 0 Å². The van der Waals surface area contributed by atoms with Crippen molar-refractivity contribution in [1.29, 1.82) is 0 Å². The van der Waals surface area contributed by atoms with Gasteiger partial charge in [-0.25, -0.2) is 9.97 Å². The monoisotopic (exact) mass is 304 g/mol. The maximum atomic E-state index is 9.94. The van der Waals surface area contributed by atoms with Gasteiger partial charge in [0.05, 0.1) is 17.5 Å². The summed E-state index contributed by atoms with van der Waals surface area (Å²) in [6.45, 7) is 3.79. The summed E-state index contributed by atoms with van der Waals surface area (Å²) in [5.41, 5.74) is 4.91. The fourth-order valence-corrected chi connectivity index (χ4v) is 2.46. The van der Waals surface area contributed by atoms with E-state index in [-0.39, 0.29) is 0 Å². The van der Waals surface area contributed by atoms with E-state index < -0.39 is 6.10 Å². The van der Waals surface area contributed by atoms with Crippen LogP contribution in [0.1, 0.15) is 35.7 Å². The van der Waals surface area contributed by atoms with Crippen molar-refractivity contribution in [3.8, 4) is 11.3 Å². The van der Waals surface area contributed by atoms with Gasteiger partial charge in [-0.2, -0.15) is 0 Å². The lowest BCUT2D eigenvalue weighted by Gasteiger charge is -2.10. The maximum absolute atomic E-state index is 9.94. The van der Waals surface area contributed by atoms with Crippen LogP contribution in [-0.4, -0.2) is 15.1 Å². The van der Waals surface area contributed by atoms with E-state index >= 15 is 0 Å². The fraction of sp³-hybridized carbons (Fsp3) is 0.200. The number of benzene rings is 2. The second-order valence-electron chi connectivity index (χ2n) is 5.80. The lowest BCUT2D eigenvalue weighted by molar-refractivity contribution is 0.194. The summed E-state index contributed by atoms with van der Waals surface area (Å²) in [4.78, 5) is 9.20. The number of hydrogen-bond acceptors (Lipinski definition) is 3. The van der Waals surface area contributed by atoms with Gasteiger partial charge in [-0.05, 0) is 25.5 Å².